The van der Waals surface area contributed by atoms with Crippen LogP contribution in [0.2, 0.25) is 0 Å². The van der Waals surface area contributed by atoms with Crippen molar-refractivity contribution in [2.45, 2.75) is 0 Å². The van der Waals surface area contributed by atoms with Crippen molar-refractivity contribution in [1.29, 1.82) is 0 Å². The van der Waals surface area contributed by atoms with Crippen LogP contribution in [0.1, 0.15) is 0 Å². The van der Waals surface area contributed by atoms with Crippen molar-refractivity contribution < 1.29 is 0 Å². The molecule has 0 fully saturated rings. The lowest BCUT2D eigenvalue weighted by atomic mass is 10.1. The number of fused-ring (bicyclic) bond motifs is 9. The second kappa shape index (κ2) is 13.0. The number of thiophene rings is 1. The van der Waals surface area contributed by atoms with Crippen LogP contribution in [-0.2, 0) is 0 Å². The van der Waals surface area contributed by atoms with Crippen molar-refractivity contribution in [3.63, 3.8) is 0 Å². The molecule has 12 aromatic rings. The molecule has 0 saturated heterocycles. The van der Waals surface area contributed by atoms with Crippen LogP contribution in [0.4, 0.5) is 0 Å². The van der Waals surface area contributed by atoms with Gasteiger partial charge < -0.3 is 9.13 Å². The van der Waals surface area contributed by atoms with Crippen molar-refractivity contribution in [2.24, 2.45) is 0 Å². The minimum absolute atomic E-state index is 1.17. The molecule has 0 aliphatic carbocycles. The Hall–Kier alpha value is -6.98. The molecule has 0 bridgehead atoms. The Morgan fingerprint density at radius 2 is 0.741 bits per heavy atom. The summed E-state index contributed by atoms with van der Waals surface area (Å²) in [5.74, 6) is 0. The maximum absolute atomic E-state index is 2.77. The fourth-order valence-electron chi connectivity index (χ4n) is 9.87. The van der Waals surface area contributed by atoms with Gasteiger partial charge in [-0.2, -0.15) is 0 Å². The highest BCUT2D eigenvalue weighted by Crippen LogP contribution is 2.42. The smallest absolute Gasteiger partial charge is 0.181 e. The fourth-order valence-corrected chi connectivity index (χ4v) is 16.5. The summed E-state index contributed by atoms with van der Waals surface area (Å²) in [7, 11) is -2.77. The van der Waals surface area contributed by atoms with Crippen LogP contribution < -0.4 is 20.7 Å². The van der Waals surface area contributed by atoms with E-state index < -0.39 is 8.07 Å². The summed E-state index contributed by atoms with van der Waals surface area (Å²) in [6.07, 6.45) is 0. The van der Waals surface area contributed by atoms with Crippen LogP contribution in [0, 0.1) is 0 Å². The van der Waals surface area contributed by atoms with Crippen molar-refractivity contribution in [2.75, 3.05) is 0 Å². The fraction of sp³-hybridized carbons (Fsp3) is 0. The molecule has 4 heteroatoms. The molecule has 0 spiro atoms. The molecule has 272 valence electrons. The quantitative estimate of drug-likeness (QED) is 0.118. The lowest BCUT2D eigenvalue weighted by Gasteiger charge is -2.34. The largest absolute Gasteiger partial charge is 0.309 e. The molecule has 0 amide bonds. The van der Waals surface area contributed by atoms with Gasteiger partial charge in [-0.25, -0.2) is 0 Å². The zero-order valence-electron chi connectivity index (χ0n) is 31.6. The first-order valence-corrected chi connectivity index (χ1v) is 22.8. The van der Waals surface area contributed by atoms with E-state index in [1.54, 1.807) is 0 Å². The lowest BCUT2D eigenvalue weighted by Crippen LogP contribution is -2.74. The highest BCUT2D eigenvalue weighted by atomic mass is 32.1. The molecule has 3 aromatic heterocycles. The molecule has 0 radical (unpaired) electrons. The summed E-state index contributed by atoms with van der Waals surface area (Å²) < 4.78 is 7.60. The third-order valence-corrected chi connectivity index (χ3v) is 18.5. The minimum atomic E-state index is -2.77. The maximum Gasteiger partial charge on any atom is 0.181 e. The zero-order valence-corrected chi connectivity index (χ0v) is 33.4. The number of hydrogen-bond donors (Lipinski definition) is 0. The molecule has 0 aliphatic heterocycles. The molecule has 3 heterocycles. The number of rotatable bonds is 6. The normalized spacial score (nSPS) is 12.1. The Morgan fingerprint density at radius 1 is 0.310 bits per heavy atom. The van der Waals surface area contributed by atoms with Crippen molar-refractivity contribution in [3.8, 4) is 11.4 Å². The van der Waals surface area contributed by atoms with E-state index in [2.05, 4.69) is 228 Å². The highest BCUT2D eigenvalue weighted by Gasteiger charge is 2.43. The average molecular weight is 773 g/mol. The van der Waals surface area contributed by atoms with Crippen LogP contribution >= 0.6 is 11.3 Å². The van der Waals surface area contributed by atoms with Crippen LogP contribution in [0.3, 0.4) is 0 Å². The van der Waals surface area contributed by atoms with Gasteiger partial charge in [0, 0.05) is 42.7 Å². The zero-order chi connectivity index (χ0) is 38.2. The van der Waals surface area contributed by atoms with Crippen LogP contribution in [0.15, 0.2) is 218 Å². The Bertz CT molecular complexity index is 3360. The van der Waals surface area contributed by atoms with Crippen molar-refractivity contribution in [3.05, 3.63) is 218 Å². The Morgan fingerprint density at radius 3 is 1.31 bits per heavy atom. The van der Waals surface area contributed by atoms with Crippen LogP contribution in [0.5, 0.6) is 0 Å². The van der Waals surface area contributed by atoms with Gasteiger partial charge in [0.1, 0.15) is 0 Å². The number of aromatic nitrogens is 2. The highest BCUT2D eigenvalue weighted by molar-refractivity contribution is 7.31. The minimum Gasteiger partial charge on any atom is -0.309 e. The average Bonchev–Trinajstić information content (AvgIpc) is 3.96. The molecule has 0 N–H and O–H groups in total. The molecule has 9 aromatic carbocycles. The Labute approximate surface area is 341 Å². The van der Waals surface area contributed by atoms with E-state index in [4.69, 9.17) is 0 Å². The molecule has 2 nitrogen and oxygen atoms in total. The van der Waals surface area contributed by atoms with E-state index in [9.17, 15) is 0 Å². The third kappa shape index (κ3) is 4.70. The van der Waals surface area contributed by atoms with E-state index in [1.807, 2.05) is 11.3 Å². The summed E-state index contributed by atoms with van der Waals surface area (Å²) >= 11 is 1.95. The van der Waals surface area contributed by atoms with Crippen molar-refractivity contribution >= 4 is 104 Å². The standard InChI is InChI=1S/C54H36N2SSi/c1-4-18-38(19-5-1)58(39-20-6-2-7-21-39,40-22-8-3-9-23-40)52-33-17-28-45-44-27-16-32-51(53(44)57-54(45)52)56-49-31-15-12-26-43(49)46-36-37(34-35-50(46)56)55-47-29-13-10-24-41(47)42-25-11-14-30-48(42)55/h1-36H. The molecular formula is C54H36N2SSi. The second-order valence-electron chi connectivity index (χ2n) is 15.2. The van der Waals surface area contributed by atoms with E-state index in [-0.39, 0.29) is 0 Å². The summed E-state index contributed by atoms with van der Waals surface area (Å²) in [6.45, 7) is 0. The molecule has 58 heavy (non-hydrogen) atoms. The van der Waals surface area contributed by atoms with Gasteiger partial charge in [0.15, 0.2) is 8.07 Å². The monoisotopic (exact) mass is 772 g/mol. The SMILES string of the molecule is c1ccc([Si](c2ccccc2)(c2ccccc2)c2cccc3c2sc2c(-n4c5ccccc5c5cc(-n6c7ccccc7c7ccccc76)ccc54)cccc23)cc1. The van der Waals surface area contributed by atoms with E-state index in [1.165, 1.54) is 95.9 Å². The van der Waals surface area contributed by atoms with E-state index >= 15 is 0 Å². The first-order valence-electron chi connectivity index (χ1n) is 19.9. The van der Waals surface area contributed by atoms with E-state index in [0.29, 0.717) is 0 Å². The summed E-state index contributed by atoms with van der Waals surface area (Å²) in [6, 6.07) is 81.3. The predicted octanol–water partition coefficient (Wildman–Crippen LogP) is 11.6. The third-order valence-electron chi connectivity index (χ3n) is 12.3. The first-order chi connectivity index (χ1) is 28.8. The molecule has 0 saturated carbocycles. The molecule has 0 unspecified atom stereocenters. The number of para-hydroxylation sites is 3. The summed E-state index contributed by atoms with van der Waals surface area (Å²) in [5.41, 5.74) is 7.24. The molecule has 12 rings (SSSR count). The van der Waals surface area contributed by atoms with Gasteiger partial charge in [-0.1, -0.05) is 176 Å². The van der Waals surface area contributed by atoms with Gasteiger partial charge in [-0.15, -0.1) is 11.3 Å². The summed E-state index contributed by atoms with van der Waals surface area (Å²) in [4.78, 5) is 0. The predicted molar refractivity (Wildman–Crippen MR) is 252 cm³/mol. The van der Waals surface area contributed by atoms with E-state index in [0.717, 1.165) is 0 Å². The van der Waals surface area contributed by atoms with Gasteiger partial charge in [0.2, 0.25) is 0 Å². The number of hydrogen-bond acceptors (Lipinski definition) is 1. The number of benzene rings is 9. The maximum atomic E-state index is 2.51. The van der Waals surface area contributed by atoms with Crippen LogP contribution in [0.25, 0.3) is 75.2 Å². The van der Waals surface area contributed by atoms with Gasteiger partial charge in [0.05, 0.1) is 32.5 Å². The van der Waals surface area contributed by atoms with Gasteiger partial charge in [-0.05, 0) is 63.2 Å². The Balaban J connectivity index is 1.14. The van der Waals surface area contributed by atoms with Crippen LogP contribution in [-0.4, -0.2) is 17.2 Å². The number of nitrogens with zero attached hydrogens (tertiary/aromatic N) is 2. The molecular weight excluding hydrogens is 737 g/mol. The Kier molecular flexibility index (Phi) is 7.46. The molecule has 0 atom stereocenters. The second-order valence-corrected chi connectivity index (χ2v) is 20.0. The molecule has 0 aliphatic rings. The van der Waals surface area contributed by atoms with Gasteiger partial charge >= 0.3 is 0 Å². The van der Waals surface area contributed by atoms with Gasteiger partial charge in [0.25, 0.3) is 0 Å². The lowest BCUT2D eigenvalue weighted by molar-refractivity contribution is 1.17. The first kappa shape index (κ1) is 33.2. The topological polar surface area (TPSA) is 9.86 Å². The summed E-state index contributed by atoms with van der Waals surface area (Å²) in [5, 5.41) is 13.2. The van der Waals surface area contributed by atoms with Crippen molar-refractivity contribution in [1.82, 2.24) is 9.13 Å². The van der Waals surface area contributed by atoms with Gasteiger partial charge in [-0.3, -0.25) is 0 Å².